The van der Waals surface area contributed by atoms with E-state index in [2.05, 4.69) is 10.6 Å². The van der Waals surface area contributed by atoms with Gasteiger partial charge in [0.2, 0.25) is 0 Å². The fraction of sp³-hybridized carbons (Fsp3) is 0.0909. The molecule has 0 unspecified atom stereocenters. The van der Waals surface area contributed by atoms with Crippen LogP contribution in [0.4, 0.5) is 11.4 Å². The number of carbonyl (C=O) groups excluding carboxylic acids is 2. The molecule has 0 fully saturated rings. The van der Waals surface area contributed by atoms with Crippen molar-refractivity contribution in [3.63, 3.8) is 0 Å². The Hall–Kier alpha value is -3.02. The maximum atomic E-state index is 12.5. The number of benzene rings is 3. The minimum atomic E-state index is -0.387. The zero-order chi connectivity index (χ0) is 20.8. The van der Waals surface area contributed by atoms with Crippen LogP contribution < -0.4 is 15.4 Å². The van der Waals surface area contributed by atoms with Crippen molar-refractivity contribution < 1.29 is 14.3 Å². The van der Waals surface area contributed by atoms with E-state index in [1.807, 2.05) is 25.1 Å². The molecule has 0 aliphatic carbocycles. The maximum Gasteiger partial charge on any atom is 0.262 e. The lowest BCUT2D eigenvalue weighted by Gasteiger charge is -2.12. The maximum absolute atomic E-state index is 12.5. The fourth-order valence-corrected chi connectivity index (χ4v) is 2.93. The van der Waals surface area contributed by atoms with Crippen molar-refractivity contribution in [2.24, 2.45) is 0 Å². The number of nitrogens with one attached hydrogen (secondary N) is 2. The van der Waals surface area contributed by atoms with Crippen LogP contribution >= 0.6 is 23.2 Å². The first-order chi connectivity index (χ1) is 13.9. The molecule has 2 N–H and O–H groups in total. The van der Waals surface area contributed by atoms with Gasteiger partial charge in [0.05, 0.1) is 10.7 Å². The second-order valence-corrected chi connectivity index (χ2v) is 7.11. The molecule has 3 rings (SSSR count). The van der Waals surface area contributed by atoms with Gasteiger partial charge in [0.25, 0.3) is 11.8 Å². The summed E-state index contributed by atoms with van der Waals surface area (Å²) in [5.74, 6) is -0.110. The smallest absolute Gasteiger partial charge is 0.262 e. The van der Waals surface area contributed by atoms with Crippen molar-refractivity contribution in [1.29, 1.82) is 0 Å². The zero-order valence-corrected chi connectivity index (χ0v) is 17.1. The first-order valence-corrected chi connectivity index (χ1v) is 9.53. The van der Waals surface area contributed by atoms with E-state index in [1.54, 1.807) is 42.5 Å². The van der Waals surface area contributed by atoms with Gasteiger partial charge in [0, 0.05) is 16.3 Å². The highest BCUT2D eigenvalue weighted by molar-refractivity contribution is 6.34. The molecule has 3 aromatic carbocycles. The zero-order valence-electron chi connectivity index (χ0n) is 15.5. The quantitative estimate of drug-likeness (QED) is 0.538. The SMILES string of the molecule is Cc1ccccc1OCC(=O)Nc1cc(C(=O)Nc2cccc(Cl)c2)ccc1Cl. The van der Waals surface area contributed by atoms with Gasteiger partial charge in [0.1, 0.15) is 5.75 Å². The van der Waals surface area contributed by atoms with Crippen LogP contribution in [0.5, 0.6) is 5.75 Å². The number of hydrogen-bond donors (Lipinski definition) is 2. The van der Waals surface area contributed by atoms with E-state index in [-0.39, 0.29) is 18.4 Å². The first kappa shape index (κ1) is 20.7. The standard InChI is InChI=1S/C22H18Cl2N2O3/c1-14-5-2-3-8-20(14)29-13-21(27)26-19-11-15(9-10-18(19)24)22(28)25-17-7-4-6-16(23)12-17/h2-12H,13H2,1H3,(H,25,28)(H,26,27). The number of rotatable bonds is 6. The summed E-state index contributed by atoms with van der Waals surface area (Å²) in [6.07, 6.45) is 0. The lowest BCUT2D eigenvalue weighted by Crippen LogP contribution is -2.21. The highest BCUT2D eigenvalue weighted by atomic mass is 35.5. The normalized spacial score (nSPS) is 10.3. The van der Waals surface area contributed by atoms with Gasteiger partial charge in [-0.1, -0.05) is 47.5 Å². The van der Waals surface area contributed by atoms with Gasteiger partial charge in [0.15, 0.2) is 6.61 Å². The summed E-state index contributed by atoms with van der Waals surface area (Å²) in [6, 6.07) is 18.9. The lowest BCUT2D eigenvalue weighted by molar-refractivity contribution is -0.118. The largest absolute Gasteiger partial charge is 0.483 e. The van der Waals surface area contributed by atoms with Crippen LogP contribution in [0.2, 0.25) is 10.0 Å². The van der Waals surface area contributed by atoms with Crippen LogP contribution in [-0.4, -0.2) is 18.4 Å². The molecule has 0 aliphatic heterocycles. The summed E-state index contributed by atoms with van der Waals surface area (Å²) in [7, 11) is 0. The van der Waals surface area contributed by atoms with Gasteiger partial charge in [-0.05, 0) is 55.0 Å². The molecule has 0 saturated heterocycles. The minimum Gasteiger partial charge on any atom is -0.483 e. The minimum absolute atomic E-state index is 0.180. The van der Waals surface area contributed by atoms with Crippen molar-refractivity contribution in [3.8, 4) is 5.75 Å². The molecular weight excluding hydrogens is 411 g/mol. The van der Waals surface area contributed by atoms with Gasteiger partial charge < -0.3 is 15.4 Å². The summed E-state index contributed by atoms with van der Waals surface area (Å²) in [5.41, 5.74) is 2.15. The van der Waals surface area contributed by atoms with Crippen LogP contribution in [0.15, 0.2) is 66.7 Å². The molecule has 3 aromatic rings. The second-order valence-electron chi connectivity index (χ2n) is 6.26. The van der Waals surface area contributed by atoms with Crippen LogP contribution in [0.25, 0.3) is 0 Å². The Morgan fingerprint density at radius 1 is 0.931 bits per heavy atom. The Bertz CT molecular complexity index is 1050. The summed E-state index contributed by atoms with van der Waals surface area (Å²) in [5, 5.41) is 6.25. The molecule has 0 radical (unpaired) electrons. The Morgan fingerprint density at radius 3 is 2.48 bits per heavy atom. The van der Waals surface area contributed by atoms with E-state index in [0.717, 1.165) is 5.56 Å². The van der Waals surface area contributed by atoms with Crippen LogP contribution in [0.3, 0.4) is 0 Å². The number of anilines is 2. The van der Waals surface area contributed by atoms with E-state index >= 15 is 0 Å². The van der Waals surface area contributed by atoms with Crippen LogP contribution in [0.1, 0.15) is 15.9 Å². The molecule has 5 nitrogen and oxygen atoms in total. The number of halogens is 2. The van der Waals surface area contributed by atoms with Crippen LogP contribution in [0, 0.1) is 6.92 Å². The summed E-state index contributed by atoms with van der Waals surface area (Å²) >= 11 is 12.1. The van der Waals surface area contributed by atoms with E-state index in [4.69, 9.17) is 27.9 Å². The average Bonchev–Trinajstić information content (AvgIpc) is 2.69. The number of carbonyl (C=O) groups is 2. The first-order valence-electron chi connectivity index (χ1n) is 8.77. The van der Waals surface area contributed by atoms with Crippen molar-refractivity contribution in [2.45, 2.75) is 6.92 Å². The molecule has 7 heteroatoms. The summed E-state index contributed by atoms with van der Waals surface area (Å²) in [4.78, 5) is 24.7. The predicted octanol–water partition coefficient (Wildman–Crippen LogP) is 5.57. The monoisotopic (exact) mass is 428 g/mol. The molecule has 0 atom stereocenters. The molecule has 0 saturated carbocycles. The highest BCUT2D eigenvalue weighted by Gasteiger charge is 2.12. The van der Waals surface area contributed by atoms with Crippen molar-refractivity contribution in [1.82, 2.24) is 0 Å². The third-order valence-electron chi connectivity index (χ3n) is 4.04. The Morgan fingerprint density at radius 2 is 1.72 bits per heavy atom. The number of amides is 2. The number of aryl methyl sites for hydroxylation is 1. The van der Waals surface area contributed by atoms with Crippen LogP contribution in [-0.2, 0) is 4.79 Å². The molecule has 0 spiro atoms. The molecule has 29 heavy (non-hydrogen) atoms. The van der Waals surface area contributed by atoms with Crippen molar-refractivity contribution in [2.75, 3.05) is 17.2 Å². The topological polar surface area (TPSA) is 67.4 Å². The second kappa shape index (κ2) is 9.45. The highest BCUT2D eigenvalue weighted by Crippen LogP contribution is 2.24. The summed E-state index contributed by atoms with van der Waals surface area (Å²) < 4.78 is 5.53. The number of hydrogen-bond acceptors (Lipinski definition) is 3. The molecule has 0 aromatic heterocycles. The van der Waals surface area contributed by atoms with E-state index < -0.39 is 0 Å². The fourth-order valence-electron chi connectivity index (χ4n) is 2.58. The van der Waals surface area contributed by atoms with E-state index in [9.17, 15) is 9.59 Å². The Balaban J connectivity index is 1.66. The Labute approximate surface area is 178 Å². The lowest BCUT2D eigenvalue weighted by atomic mass is 10.1. The molecule has 0 heterocycles. The van der Waals surface area contributed by atoms with Crippen molar-refractivity contribution >= 4 is 46.4 Å². The van der Waals surface area contributed by atoms with Gasteiger partial charge >= 0.3 is 0 Å². The number of ether oxygens (including phenoxy) is 1. The molecule has 2 amide bonds. The van der Waals surface area contributed by atoms with E-state index in [0.29, 0.717) is 32.7 Å². The van der Waals surface area contributed by atoms with Gasteiger partial charge in [-0.2, -0.15) is 0 Å². The van der Waals surface area contributed by atoms with E-state index in [1.165, 1.54) is 6.07 Å². The third-order valence-corrected chi connectivity index (χ3v) is 4.60. The molecule has 148 valence electrons. The molecule has 0 aliphatic rings. The summed E-state index contributed by atoms with van der Waals surface area (Å²) in [6.45, 7) is 1.71. The third kappa shape index (κ3) is 5.73. The Kier molecular flexibility index (Phi) is 6.75. The predicted molar refractivity (Wildman–Crippen MR) is 116 cm³/mol. The van der Waals surface area contributed by atoms with Gasteiger partial charge in [-0.15, -0.1) is 0 Å². The molecule has 0 bridgehead atoms. The number of para-hydroxylation sites is 1. The average molecular weight is 429 g/mol. The van der Waals surface area contributed by atoms with Gasteiger partial charge in [-0.3, -0.25) is 9.59 Å². The van der Waals surface area contributed by atoms with Crippen molar-refractivity contribution in [3.05, 3.63) is 87.9 Å². The molecular formula is C22H18Cl2N2O3. The van der Waals surface area contributed by atoms with Gasteiger partial charge in [-0.25, -0.2) is 0 Å².